The number of rotatable bonds is 19. The standard InChI is InChI=1S/C40H46Cl2N4O8S/c1-40(2,3)54-39(52)45-33(22-25-9-14-28(15-10-25)53-29-16-11-26(12-17-29)37(48)49)36-44-34(30-18-13-27(41)23-31(30)42)24-46(36)20-7-5-6-8-35(47)43-32(38(50)51)19-21-55-4/h9-18,23-24,32-33H,5-8,19-22H2,1-4H3,(H,43,47)(H,45,52)(H,48,49)(H,50,51)/t32-,33-/m0/s1. The van der Waals surface area contributed by atoms with Crippen molar-refractivity contribution in [1.82, 2.24) is 20.2 Å². The van der Waals surface area contributed by atoms with E-state index in [2.05, 4.69) is 10.6 Å². The number of carboxylic acids is 2. The Bertz CT molecular complexity index is 1930. The van der Waals surface area contributed by atoms with Crippen LogP contribution in [0, 0.1) is 0 Å². The molecule has 0 spiro atoms. The first-order valence-corrected chi connectivity index (χ1v) is 19.9. The molecule has 12 nitrogen and oxygen atoms in total. The summed E-state index contributed by atoms with van der Waals surface area (Å²) >= 11 is 14.3. The Labute approximate surface area is 334 Å². The molecule has 0 bridgehead atoms. The van der Waals surface area contributed by atoms with Gasteiger partial charge in [-0.05, 0) is 112 Å². The fraction of sp³-hybridized carbons (Fsp3) is 0.375. The molecule has 1 heterocycles. The van der Waals surface area contributed by atoms with Crippen LogP contribution in [0.5, 0.6) is 11.5 Å². The Morgan fingerprint density at radius 2 is 1.58 bits per heavy atom. The van der Waals surface area contributed by atoms with Gasteiger partial charge in [0.1, 0.15) is 29.0 Å². The molecule has 0 saturated heterocycles. The van der Waals surface area contributed by atoms with Gasteiger partial charge in [0.15, 0.2) is 0 Å². The zero-order chi connectivity index (χ0) is 40.1. The molecule has 0 unspecified atom stereocenters. The van der Waals surface area contributed by atoms with Gasteiger partial charge in [-0.25, -0.2) is 19.4 Å². The molecule has 1 aromatic heterocycles. The normalized spacial score (nSPS) is 12.4. The number of nitrogens with one attached hydrogen (secondary N) is 2. The van der Waals surface area contributed by atoms with Crippen LogP contribution in [-0.2, 0) is 27.3 Å². The van der Waals surface area contributed by atoms with Gasteiger partial charge in [-0.3, -0.25) is 4.79 Å². The average Bonchev–Trinajstić information content (AvgIpc) is 3.53. The van der Waals surface area contributed by atoms with Crippen LogP contribution in [0.25, 0.3) is 11.3 Å². The Balaban J connectivity index is 1.56. The molecule has 0 fully saturated rings. The third-order valence-corrected chi connectivity index (χ3v) is 9.46. The van der Waals surface area contributed by atoms with E-state index in [9.17, 15) is 29.4 Å². The third kappa shape index (κ3) is 13.8. The molecule has 0 radical (unpaired) electrons. The number of nitrogens with zero attached hydrogens (tertiary/aromatic N) is 2. The molecular formula is C40H46Cl2N4O8S. The number of hydrogen-bond acceptors (Lipinski definition) is 8. The van der Waals surface area contributed by atoms with Gasteiger partial charge in [0.2, 0.25) is 5.91 Å². The van der Waals surface area contributed by atoms with E-state index < -0.39 is 35.7 Å². The van der Waals surface area contributed by atoms with Crippen molar-refractivity contribution in [3.05, 3.63) is 99.9 Å². The first-order valence-electron chi connectivity index (χ1n) is 17.7. The van der Waals surface area contributed by atoms with E-state index >= 15 is 0 Å². The molecule has 294 valence electrons. The van der Waals surface area contributed by atoms with Gasteiger partial charge in [0.05, 0.1) is 22.3 Å². The molecule has 3 aromatic carbocycles. The van der Waals surface area contributed by atoms with Crippen molar-refractivity contribution >= 4 is 58.9 Å². The summed E-state index contributed by atoms with van der Waals surface area (Å²) < 4.78 is 13.5. The zero-order valence-corrected chi connectivity index (χ0v) is 33.5. The van der Waals surface area contributed by atoms with Gasteiger partial charge in [-0.1, -0.05) is 41.8 Å². The fourth-order valence-corrected chi connectivity index (χ4v) is 6.58. The van der Waals surface area contributed by atoms with Crippen molar-refractivity contribution in [2.75, 3.05) is 12.0 Å². The number of carbonyl (C=O) groups is 4. The number of aromatic carboxylic acids is 1. The van der Waals surface area contributed by atoms with Crippen LogP contribution in [0.2, 0.25) is 10.0 Å². The van der Waals surface area contributed by atoms with Crippen LogP contribution >= 0.6 is 35.0 Å². The first kappa shape index (κ1) is 43.0. The number of halogens is 2. The lowest BCUT2D eigenvalue weighted by atomic mass is 10.0. The zero-order valence-electron chi connectivity index (χ0n) is 31.1. The number of unbranched alkanes of at least 4 members (excludes halogenated alkanes) is 2. The maximum absolute atomic E-state index is 13.2. The highest BCUT2D eigenvalue weighted by Crippen LogP contribution is 2.32. The minimum absolute atomic E-state index is 0.154. The SMILES string of the molecule is CSCC[C@H](NC(=O)CCCCCn1cc(-c2ccc(Cl)cc2Cl)nc1[C@H](Cc1ccc(Oc2ccc(C(=O)O)cc2)cc1)NC(=O)OC(C)(C)C)C(=O)O. The largest absolute Gasteiger partial charge is 0.480 e. The molecule has 15 heteroatoms. The summed E-state index contributed by atoms with van der Waals surface area (Å²) in [4.78, 5) is 53.5. The Kier molecular flexibility index (Phi) is 15.9. The highest BCUT2D eigenvalue weighted by Gasteiger charge is 2.26. The summed E-state index contributed by atoms with van der Waals surface area (Å²) in [6.07, 6.45) is 5.92. The number of carbonyl (C=O) groups excluding carboxylic acids is 2. The quantitative estimate of drug-likeness (QED) is 0.0671. The van der Waals surface area contributed by atoms with Gasteiger partial charge in [0.25, 0.3) is 0 Å². The van der Waals surface area contributed by atoms with Crippen LogP contribution < -0.4 is 15.4 Å². The third-order valence-electron chi connectivity index (χ3n) is 8.26. The second kappa shape index (κ2) is 20.3. The van der Waals surface area contributed by atoms with Gasteiger partial charge < -0.3 is 34.9 Å². The van der Waals surface area contributed by atoms with E-state index in [1.807, 2.05) is 29.2 Å². The smallest absolute Gasteiger partial charge is 0.408 e. The van der Waals surface area contributed by atoms with Crippen molar-refractivity contribution < 1.29 is 38.9 Å². The van der Waals surface area contributed by atoms with Gasteiger partial charge >= 0.3 is 18.0 Å². The number of hydrogen-bond donors (Lipinski definition) is 4. The van der Waals surface area contributed by atoms with Crippen molar-refractivity contribution in [3.8, 4) is 22.8 Å². The van der Waals surface area contributed by atoms with Gasteiger partial charge in [-0.2, -0.15) is 11.8 Å². The number of aromatic nitrogens is 2. The van der Waals surface area contributed by atoms with Crippen LogP contribution in [0.3, 0.4) is 0 Å². The summed E-state index contributed by atoms with van der Waals surface area (Å²) in [6.45, 7) is 5.84. The number of carboxylic acid groups (broad SMARTS) is 2. The summed E-state index contributed by atoms with van der Waals surface area (Å²) in [7, 11) is 0. The van der Waals surface area contributed by atoms with E-state index in [0.717, 1.165) is 5.56 Å². The van der Waals surface area contributed by atoms with Crippen LogP contribution in [-0.4, -0.2) is 67.4 Å². The van der Waals surface area contributed by atoms with Crippen LogP contribution in [0.4, 0.5) is 4.79 Å². The maximum Gasteiger partial charge on any atom is 0.408 e. The number of thioether (sulfide) groups is 1. The molecule has 4 aromatic rings. The molecule has 0 aliphatic rings. The number of imidazole rings is 1. The number of ether oxygens (including phenoxy) is 2. The molecule has 0 aliphatic carbocycles. The number of benzene rings is 3. The predicted octanol–water partition coefficient (Wildman–Crippen LogP) is 9.04. The van der Waals surface area contributed by atoms with Crippen molar-refractivity contribution in [3.63, 3.8) is 0 Å². The predicted molar refractivity (Wildman–Crippen MR) is 214 cm³/mol. The average molecular weight is 814 g/mol. The highest BCUT2D eigenvalue weighted by molar-refractivity contribution is 7.98. The van der Waals surface area contributed by atoms with E-state index in [0.29, 0.717) is 83.0 Å². The fourth-order valence-electron chi connectivity index (χ4n) is 5.61. The monoisotopic (exact) mass is 812 g/mol. The van der Waals surface area contributed by atoms with E-state index in [1.165, 1.54) is 23.9 Å². The molecule has 55 heavy (non-hydrogen) atoms. The van der Waals surface area contributed by atoms with E-state index in [1.54, 1.807) is 63.2 Å². The Morgan fingerprint density at radius 3 is 2.18 bits per heavy atom. The van der Waals surface area contributed by atoms with E-state index in [4.69, 9.17) is 37.7 Å². The van der Waals surface area contributed by atoms with Crippen molar-refractivity contribution in [1.29, 1.82) is 0 Å². The molecule has 2 atom stereocenters. The van der Waals surface area contributed by atoms with Crippen LogP contribution in [0.15, 0.2) is 72.9 Å². The summed E-state index contributed by atoms with van der Waals surface area (Å²) in [5.74, 6) is -0.166. The lowest BCUT2D eigenvalue weighted by Crippen LogP contribution is -2.41. The second-order valence-corrected chi connectivity index (χ2v) is 15.7. The summed E-state index contributed by atoms with van der Waals surface area (Å²) in [5, 5.41) is 25.2. The topological polar surface area (TPSA) is 169 Å². The number of alkyl carbamates (subject to hydrolysis) is 1. The molecular weight excluding hydrogens is 767 g/mol. The molecule has 2 amide bonds. The Hall–Kier alpha value is -4.72. The summed E-state index contributed by atoms with van der Waals surface area (Å²) in [5.41, 5.74) is 1.50. The number of aliphatic carboxylic acids is 1. The van der Waals surface area contributed by atoms with Crippen molar-refractivity contribution in [2.24, 2.45) is 0 Å². The minimum Gasteiger partial charge on any atom is -0.480 e. The maximum atomic E-state index is 13.2. The first-order chi connectivity index (χ1) is 26.1. The van der Waals surface area contributed by atoms with Gasteiger partial charge in [-0.15, -0.1) is 0 Å². The molecule has 0 aliphatic heterocycles. The molecule has 4 N–H and O–H groups in total. The lowest BCUT2D eigenvalue weighted by Gasteiger charge is -2.24. The lowest BCUT2D eigenvalue weighted by molar-refractivity contribution is -0.141. The minimum atomic E-state index is -1.05. The summed E-state index contributed by atoms with van der Waals surface area (Å²) in [6, 6.07) is 17.0. The van der Waals surface area contributed by atoms with Gasteiger partial charge in [0, 0.05) is 36.2 Å². The second-order valence-electron chi connectivity index (χ2n) is 13.8. The number of aryl methyl sites for hydroxylation is 1. The molecule has 0 saturated carbocycles. The Morgan fingerprint density at radius 1 is 0.909 bits per heavy atom. The van der Waals surface area contributed by atoms with Crippen LogP contribution in [0.1, 0.15) is 80.7 Å². The molecule has 4 rings (SSSR count). The van der Waals surface area contributed by atoms with E-state index in [-0.39, 0.29) is 17.9 Å². The van der Waals surface area contributed by atoms with Crippen molar-refractivity contribution in [2.45, 2.75) is 83.5 Å². The highest BCUT2D eigenvalue weighted by atomic mass is 35.5. The number of amides is 2.